The first kappa shape index (κ1) is 21.9. The standard InChI is InChI=1S/C23H31FN4O2/c1-16-5-7-18(22(11-16)30-19-9-10-29-15-19)14-27-23(25-2)26-13-17-6-8-21(28(3)4)20(24)12-17/h5-8,11-12,19H,9-10,13-15H2,1-4H3,(H2,25,26,27). The number of ether oxygens (including phenoxy) is 2. The second-order valence-electron chi connectivity index (χ2n) is 7.67. The average Bonchev–Trinajstić information content (AvgIpc) is 3.22. The minimum atomic E-state index is -0.236. The lowest BCUT2D eigenvalue weighted by Gasteiger charge is -2.18. The molecule has 1 unspecified atom stereocenters. The Labute approximate surface area is 178 Å². The summed E-state index contributed by atoms with van der Waals surface area (Å²) in [6.07, 6.45) is 1.01. The maximum atomic E-state index is 14.2. The molecule has 0 spiro atoms. The molecule has 0 bridgehead atoms. The first-order valence-corrected chi connectivity index (χ1v) is 10.2. The van der Waals surface area contributed by atoms with Crippen LogP contribution in [0.3, 0.4) is 0 Å². The van der Waals surface area contributed by atoms with E-state index in [-0.39, 0.29) is 11.9 Å². The molecule has 2 aromatic rings. The SMILES string of the molecule is CN=C(NCc1ccc(N(C)C)c(F)c1)NCc1ccc(C)cc1OC1CCOC1. The van der Waals surface area contributed by atoms with Crippen LogP contribution in [0.25, 0.3) is 0 Å². The van der Waals surface area contributed by atoms with Gasteiger partial charge in [-0.15, -0.1) is 0 Å². The zero-order valence-corrected chi connectivity index (χ0v) is 18.2. The summed E-state index contributed by atoms with van der Waals surface area (Å²) < 4.78 is 25.8. The maximum absolute atomic E-state index is 14.2. The van der Waals surface area contributed by atoms with Crippen molar-refractivity contribution in [3.63, 3.8) is 0 Å². The fourth-order valence-corrected chi connectivity index (χ4v) is 3.31. The van der Waals surface area contributed by atoms with Crippen LogP contribution in [-0.4, -0.2) is 46.4 Å². The van der Waals surface area contributed by atoms with Crippen molar-refractivity contribution >= 4 is 11.6 Å². The quantitative estimate of drug-likeness (QED) is 0.538. The van der Waals surface area contributed by atoms with Crippen molar-refractivity contribution in [2.75, 3.05) is 39.3 Å². The predicted octanol–water partition coefficient (Wildman–Crippen LogP) is 3.23. The van der Waals surface area contributed by atoms with Crippen LogP contribution in [0.4, 0.5) is 10.1 Å². The van der Waals surface area contributed by atoms with Crippen molar-refractivity contribution in [3.8, 4) is 5.75 Å². The molecule has 0 radical (unpaired) electrons. The molecule has 2 aromatic carbocycles. The molecule has 162 valence electrons. The third-order valence-corrected chi connectivity index (χ3v) is 5.03. The van der Waals surface area contributed by atoms with Gasteiger partial charge in [0.1, 0.15) is 17.7 Å². The van der Waals surface area contributed by atoms with Crippen LogP contribution in [0.2, 0.25) is 0 Å². The van der Waals surface area contributed by atoms with E-state index in [0.717, 1.165) is 35.5 Å². The molecule has 1 atom stereocenters. The fourth-order valence-electron chi connectivity index (χ4n) is 3.31. The first-order valence-electron chi connectivity index (χ1n) is 10.2. The number of rotatable bonds is 7. The highest BCUT2D eigenvalue weighted by Gasteiger charge is 2.18. The molecular weight excluding hydrogens is 383 g/mol. The topological polar surface area (TPSA) is 58.1 Å². The van der Waals surface area contributed by atoms with Gasteiger partial charge in [0.15, 0.2) is 5.96 Å². The van der Waals surface area contributed by atoms with Crippen LogP contribution in [-0.2, 0) is 17.8 Å². The highest BCUT2D eigenvalue weighted by molar-refractivity contribution is 5.79. The second-order valence-corrected chi connectivity index (χ2v) is 7.67. The van der Waals surface area contributed by atoms with Gasteiger partial charge in [-0.05, 0) is 36.2 Å². The van der Waals surface area contributed by atoms with Gasteiger partial charge >= 0.3 is 0 Å². The largest absolute Gasteiger partial charge is 0.488 e. The van der Waals surface area contributed by atoms with Gasteiger partial charge in [0.25, 0.3) is 0 Å². The number of hydrogen-bond acceptors (Lipinski definition) is 4. The Morgan fingerprint density at radius 1 is 1.20 bits per heavy atom. The van der Waals surface area contributed by atoms with E-state index in [1.54, 1.807) is 24.1 Å². The molecule has 2 N–H and O–H groups in total. The number of nitrogens with zero attached hydrogens (tertiary/aromatic N) is 2. The molecule has 0 aliphatic carbocycles. The van der Waals surface area contributed by atoms with Crippen LogP contribution >= 0.6 is 0 Å². The van der Waals surface area contributed by atoms with Crippen LogP contribution in [0, 0.1) is 12.7 Å². The van der Waals surface area contributed by atoms with E-state index >= 15 is 0 Å². The van der Waals surface area contributed by atoms with Gasteiger partial charge < -0.3 is 25.0 Å². The molecule has 1 aliphatic heterocycles. The van der Waals surface area contributed by atoms with Gasteiger partial charge in [-0.2, -0.15) is 0 Å². The summed E-state index contributed by atoms with van der Waals surface area (Å²) in [7, 11) is 5.36. The zero-order valence-electron chi connectivity index (χ0n) is 18.2. The maximum Gasteiger partial charge on any atom is 0.191 e. The number of guanidine groups is 1. The van der Waals surface area contributed by atoms with E-state index in [1.165, 1.54) is 0 Å². The molecular formula is C23H31FN4O2. The van der Waals surface area contributed by atoms with E-state index in [2.05, 4.69) is 40.7 Å². The fraction of sp³-hybridized carbons (Fsp3) is 0.435. The van der Waals surface area contributed by atoms with Gasteiger partial charge in [0.05, 0.1) is 18.9 Å². The third kappa shape index (κ3) is 5.86. The number of nitrogens with one attached hydrogen (secondary N) is 2. The Morgan fingerprint density at radius 2 is 2.00 bits per heavy atom. The molecule has 0 saturated carbocycles. The summed E-state index contributed by atoms with van der Waals surface area (Å²) in [6, 6.07) is 11.4. The van der Waals surface area contributed by atoms with Gasteiger partial charge in [0, 0.05) is 46.2 Å². The van der Waals surface area contributed by atoms with Gasteiger partial charge in [0.2, 0.25) is 0 Å². The number of halogens is 1. The molecule has 1 heterocycles. The Kier molecular flexibility index (Phi) is 7.52. The highest BCUT2D eigenvalue weighted by atomic mass is 19.1. The molecule has 1 saturated heterocycles. The van der Waals surface area contributed by atoms with Crippen molar-refractivity contribution in [3.05, 3.63) is 58.9 Å². The number of aryl methyl sites for hydroxylation is 1. The van der Waals surface area contributed by atoms with Crippen molar-refractivity contribution < 1.29 is 13.9 Å². The highest BCUT2D eigenvalue weighted by Crippen LogP contribution is 2.24. The number of benzene rings is 2. The van der Waals surface area contributed by atoms with Crippen molar-refractivity contribution in [1.29, 1.82) is 0 Å². The lowest BCUT2D eigenvalue weighted by molar-refractivity contribution is 0.140. The van der Waals surface area contributed by atoms with Crippen molar-refractivity contribution in [1.82, 2.24) is 10.6 Å². The second kappa shape index (κ2) is 10.3. The lowest BCUT2D eigenvalue weighted by atomic mass is 10.1. The van der Waals surface area contributed by atoms with E-state index < -0.39 is 0 Å². The minimum absolute atomic E-state index is 0.100. The van der Waals surface area contributed by atoms with Crippen LogP contribution in [0.1, 0.15) is 23.1 Å². The van der Waals surface area contributed by atoms with E-state index in [1.807, 2.05) is 20.2 Å². The van der Waals surface area contributed by atoms with Gasteiger partial charge in [-0.3, -0.25) is 4.99 Å². The van der Waals surface area contributed by atoms with Crippen LogP contribution in [0.15, 0.2) is 41.4 Å². The summed E-state index contributed by atoms with van der Waals surface area (Å²) in [6.45, 7) is 4.47. The van der Waals surface area contributed by atoms with E-state index in [4.69, 9.17) is 9.47 Å². The molecule has 1 fully saturated rings. The smallest absolute Gasteiger partial charge is 0.191 e. The van der Waals surface area contributed by atoms with E-state index in [9.17, 15) is 4.39 Å². The first-order chi connectivity index (χ1) is 14.5. The molecule has 0 amide bonds. The predicted molar refractivity (Wildman–Crippen MR) is 119 cm³/mol. The average molecular weight is 415 g/mol. The number of anilines is 1. The summed E-state index contributed by atoms with van der Waals surface area (Å²) >= 11 is 0. The molecule has 0 aromatic heterocycles. The van der Waals surface area contributed by atoms with Crippen LogP contribution in [0.5, 0.6) is 5.75 Å². The Balaban J connectivity index is 1.58. The number of aliphatic imine (C=N–C) groups is 1. The number of hydrogen-bond donors (Lipinski definition) is 2. The van der Waals surface area contributed by atoms with Crippen molar-refractivity contribution in [2.24, 2.45) is 4.99 Å². The van der Waals surface area contributed by atoms with Crippen LogP contribution < -0.4 is 20.3 Å². The lowest BCUT2D eigenvalue weighted by Crippen LogP contribution is -2.36. The Hall–Kier alpha value is -2.80. The minimum Gasteiger partial charge on any atom is -0.488 e. The molecule has 7 heteroatoms. The van der Waals surface area contributed by atoms with E-state index in [0.29, 0.717) is 31.3 Å². The molecule has 3 rings (SSSR count). The monoisotopic (exact) mass is 414 g/mol. The molecule has 1 aliphatic rings. The normalized spacial score (nSPS) is 16.4. The summed E-state index contributed by atoms with van der Waals surface area (Å²) in [4.78, 5) is 6.02. The third-order valence-electron chi connectivity index (χ3n) is 5.03. The Bertz CT molecular complexity index is 880. The summed E-state index contributed by atoms with van der Waals surface area (Å²) in [5.41, 5.74) is 3.62. The molecule has 6 nitrogen and oxygen atoms in total. The van der Waals surface area contributed by atoms with Crippen molar-refractivity contribution in [2.45, 2.75) is 32.5 Å². The van der Waals surface area contributed by atoms with Gasteiger partial charge in [-0.1, -0.05) is 18.2 Å². The van der Waals surface area contributed by atoms with Gasteiger partial charge in [-0.25, -0.2) is 4.39 Å². The molecule has 30 heavy (non-hydrogen) atoms. The zero-order chi connectivity index (χ0) is 21.5. The summed E-state index contributed by atoms with van der Waals surface area (Å²) in [5.74, 6) is 1.28. The summed E-state index contributed by atoms with van der Waals surface area (Å²) in [5, 5.41) is 6.54. The Morgan fingerprint density at radius 3 is 2.67 bits per heavy atom.